The number of carbonyl (C=O) groups excluding carboxylic acids is 3. The van der Waals surface area contributed by atoms with Crippen LogP contribution in [0.3, 0.4) is 0 Å². The normalized spacial score (nSPS) is 22.7. The number of likely N-dealkylation sites (tertiary alicyclic amines) is 2. The van der Waals surface area contributed by atoms with E-state index in [0.717, 1.165) is 18.4 Å². The predicted molar refractivity (Wildman–Crippen MR) is 118 cm³/mol. The molecule has 0 saturated carbocycles. The summed E-state index contributed by atoms with van der Waals surface area (Å²) >= 11 is 0. The zero-order valence-corrected chi connectivity index (χ0v) is 18.5. The molecule has 1 N–H and O–H groups in total. The van der Waals surface area contributed by atoms with Crippen LogP contribution < -0.4 is 0 Å². The second-order valence-corrected chi connectivity index (χ2v) is 8.62. The fraction of sp³-hybridized carbons (Fsp3) is 0.542. The van der Waals surface area contributed by atoms with E-state index >= 15 is 0 Å². The quantitative estimate of drug-likeness (QED) is 0.704. The summed E-state index contributed by atoms with van der Waals surface area (Å²) in [6.45, 7) is 4.32. The average Bonchev–Trinajstić information content (AvgIpc) is 3.09. The molecule has 3 aliphatic rings. The van der Waals surface area contributed by atoms with Gasteiger partial charge >= 0.3 is 6.09 Å². The lowest BCUT2D eigenvalue weighted by molar-refractivity contribution is -0.141. The molecule has 0 spiro atoms. The number of rotatable bonds is 5. The minimum Gasteiger partial charge on any atom is -0.450 e. The number of amides is 3. The molecular formula is C24H31N3O5. The summed E-state index contributed by atoms with van der Waals surface area (Å²) in [6, 6.07) is 9.09. The van der Waals surface area contributed by atoms with Crippen LogP contribution in [0.1, 0.15) is 38.2 Å². The lowest BCUT2D eigenvalue weighted by Gasteiger charge is -2.37. The Balaban J connectivity index is 1.59. The van der Waals surface area contributed by atoms with Crippen LogP contribution in [0, 0.1) is 5.92 Å². The summed E-state index contributed by atoms with van der Waals surface area (Å²) in [5, 5.41) is 9.67. The zero-order valence-electron chi connectivity index (χ0n) is 18.5. The maximum atomic E-state index is 13.6. The maximum absolute atomic E-state index is 13.6. The van der Waals surface area contributed by atoms with Crippen LogP contribution in [-0.2, 0) is 14.3 Å². The molecule has 4 rings (SSSR count). The molecule has 3 amide bonds. The molecule has 32 heavy (non-hydrogen) atoms. The van der Waals surface area contributed by atoms with Crippen LogP contribution in [-0.4, -0.2) is 83.1 Å². The van der Waals surface area contributed by atoms with Gasteiger partial charge in [0.2, 0.25) is 0 Å². The molecule has 1 atom stereocenters. The van der Waals surface area contributed by atoms with Crippen molar-refractivity contribution in [1.82, 2.24) is 14.7 Å². The average molecular weight is 442 g/mol. The van der Waals surface area contributed by atoms with Crippen molar-refractivity contribution in [1.29, 1.82) is 0 Å². The SMILES string of the molecule is CCOC(=O)N1CCC(N2C(=O)C(c3ccccc3)=C(N3CCCC(CO)C3)C2=O)CC1. The van der Waals surface area contributed by atoms with Crippen molar-refractivity contribution in [3.05, 3.63) is 41.6 Å². The molecular weight excluding hydrogens is 410 g/mol. The van der Waals surface area contributed by atoms with E-state index in [-0.39, 0.29) is 36.5 Å². The van der Waals surface area contributed by atoms with Crippen LogP contribution in [0.25, 0.3) is 5.57 Å². The third-order valence-electron chi connectivity index (χ3n) is 6.60. The molecule has 2 fully saturated rings. The fourth-order valence-corrected chi connectivity index (χ4v) is 4.96. The highest BCUT2D eigenvalue weighted by molar-refractivity contribution is 6.35. The first-order chi connectivity index (χ1) is 15.5. The van der Waals surface area contributed by atoms with Gasteiger partial charge in [-0.2, -0.15) is 0 Å². The first-order valence-electron chi connectivity index (χ1n) is 11.5. The van der Waals surface area contributed by atoms with E-state index in [9.17, 15) is 19.5 Å². The van der Waals surface area contributed by atoms with E-state index in [1.54, 1.807) is 11.8 Å². The van der Waals surface area contributed by atoms with E-state index in [2.05, 4.69) is 0 Å². The summed E-state index contributed by atoms with van der Waals surface area (Å²) in [5.74, 6) is -0.433. The van der Waals surface area contributed by atoms with E-state index in [0.29, 0.717) is 56.9 Å². The smallest absolute Gasteiger partial charge is 0.409 e. The molecule has 0 aliphatic carbocycles. The monoisotopic (exact) mass is 441 g/mol. The second kappa shape index (κ2) is 9.73. The molecule has 1 aromatic rings. The number of carbonyl (C=O) groups is 3. The van der Waals surface area contributed by atoms with Gasteiger partial charge in [0, 0.05) is 38.8 Å². The Bertz CT molecular complexity index is 892. The highest BCUT2D eigenvalue weighted by atomic mass is 16.6. The van der Waals surface area contributed by atoms with Crippen molar-refractivity contribution in [2.75, 3.05) is 39.4 Å². The number of piperidine rings is 2. The fourth-order valence-electron chi connectivity index (χ4n) is 4.96. The first-order valence-corrected chi connectivity index (χ1v) is 11.5. The maximum Gasteiger partial charge on any atom is 0.409 e. The lowest BCUT2D eigenvalue weighted by Crippen LogP contribution is -2.50. The van der Waals surface area contributed by atoms with Crippen LogP contribution in [0.4, 0.5) is 4.79 Å². The Hall–Kier alpha value is -2.87. The van der Waals surface area contributed by atoms with Crippen LogP contribution in [0.15, 0.2) is 36.0 Å². The molecule has 3 aliphatic heterocycles. The van der Waals surface area contributed by atoms with Crippen molar-refractivity contribution < 1.29 is 24.2 Å². The van der Waals surface area contributed by atoms with Gasteiger partial charge in [0.1, 0.15) is 5.70 Å². The Morgan fingerprint density at radius 2 is 1.78 bits per heavy atom. The Morgan fingerprint density at radius 3 is 2.44 bits per heavy atom. The number of hydrogen-bond acceptors (Lipinski definition) is 6. The Labute approximate surface area is 188 Å². The molecule has 8 heteroatoms. The van der Waals surface area contributed by atoms with Gasteiger partial charge in [-0.1, -0.05) is 30.3 Å². The number of benzene rings is 1. The topological polar surface area (TPSA) is 90.4 Å². The van der Waals surface area contributed by atoms with Gasteiger partial charge in [-0.25, -0.2) is 4.79 Å². The lowest BCUT2D eigenvalue weighted by atomic mass is 9.97. The van der Waals surface area contributed by atoms with Crippen LogP contribution in [0.2, 0.25) is 0 Å². The van der Waals surface area contributed by atoms with Crippen molar-refractivity contribution in [3.63, 3.8) is 0 Å². The molecule has 1 unspecified atom stereocenters. The molecule has 3 heterocycles. The molecule has 2 saturated heterocycles. The predicted octanol–water partition coefficient (Wildman–Crippen LogP) is 2.09. The largest absolute Gasteiger partial charge is 0.450 e. The van der Waals surface area contributed by atoms with Crippen molar-refractivity contribution in [3.8, 4) is 0 Å². The Morgan fingerprint density at radius 1 is 1.06 bits per heavy atom. The molecule has 1 aromatic carbocycles. The summed E-state index contributed by atoms with van der Waals surface area (Å²) < 4.78 is 5.08. The van der Waals surface area contributed by atoms with Crippen LogP contribution >= 0.6 is 0 Å². The number of nitrogens with zero attached hydrogens (tertiary/aromatic N) is 3. The van der Waals surface area contributed by atoms with Crippen molar-refractivity contribution >= 4 is 23.5 Å². The third-order valence-corrected chi connectivity index (χ3v) is 6.60. The summed E-state index contributed by atoms with van der Waals surface area (Å²) in [5.41, 5.74) is 1.63. The van der Waals surface area contributed by atoms with Crippen LogP contribution in [0.5, 0.6) is 0 Å². The Kier molecular flexibility index (Phi) is 6.79. The van der Waals surface area contributed by atoms with Gasteiger partial charge < -0.3 is 19.6 Å². The van der Waals surface area contributed by atoms with E-state index in [4.69, 9.17) is 4.74 Å². The van der Waals surface area contributed by atoms with Crippen molar-refractivity contribution in [2.24, 2.45) is 5.92 Å². The number of aliphatic hydroxyl groups excluding tert-OH is 1. The van der Waals surface area contributed by atoms with E-state index in [1.165, 1.54) is 4.90 Å². The van der Waals surface area contributed by atoms with Gasteiger partial charge in [-0.3, -0.25) is 14.5 Å². The number of hydrogen-bond donors (Lipinski definition) is 1. The minimum absolute atomic E-state index is 0.0720. The summed E-state index contributed by atoms with van der Waals surface area (Å²) in [7, 11) is 0. The van der Waals surface area contributed by atoms with E-state index in [1.807, 2.05) is 35.2 Å². The van der Waals surface area contributed by atoms with Gasteiger partial charge in [-0.15, -0.1) is 0 Å². The number of aliphatic hydroxyl groups is 1. The van der Waals surface area contributed by atoms with E-state index < -0.39 is 0 Å². The highest BCUT2D eigenvalue weighted by Crippen LogP contribution is 2.36. The van der Waals surface area contributed by atoms with Gasteiger partial charge in [0.15, 0.2) is 0 Å². The zero-order chi connectivity index (χ0) is 22.7. The number of imide groups is 1. The molecule has 0 aromatic heterocycles. The van der Waals surface area contributed by atoms with Gasteiger partial charge in [-0.05, 0) is 44.1 Å². The summed E-state index contributed by atoms with van der Waals surface area (Å²) in [6.07, 6.45) is 2.50. The number of ether oxygens (including phenoxy) is 1. The minimum atomic E-state index is -0.350. The van der Waals surface area contributed by atoms with Gasteiger partial charge in [0.05, 0.1) is 12.2 Å². The second-order valence-electron chi connectivity index (χ2n) is 8.62. The van der Waals surface area contributed by atoms with Gasteiger partial charge in [0.25, 0.3) is 11.8 Å². The third kappa shape index (κ3) is 4.24. The first kappa shape index (κ1) is 22.3. The standard InChI is InChI=1S/C24H31N3O5/c1-2-32-24(31)25-13-10-19(11-14-25)27-22(29)20(18-8-4-3-5-9-18)21(23(27)30)26-12-6-7-17(15-26)16-28/h3-5,8-9,17,19,28H,2,6-7,10-16H2,1H3. The molecule has 8 nitrogen and oxygen atoms in total. The molecule has 0 radical (unpaired) electrons. The molecule has 172 valence electrons. The molecule has 0 bridgehead atoms. The highest BCUT2D eigenvalue weighted by Gasteiger charge is 2.46. The van der Waals surface area contributed by atoms with Crippen molar-refractivity contribution in [2.45, 2.75) is 38.6 Å². The summed E-state index contributed by atoms with van der Waals surface area (Å²) in [4.78, 5) is 44.3.